The topological polar surface area (TPSA) is 74.8 Å². The summed E-state index contributed by atoms with van der Waals surface area (Å²) in [5.41, 5.74) is 3.63. The van der Waals surface area contributed by atoms with Gasteiger partial charge in [-0.2, -0.15) is 0 Å². The number of ether oxygens (including phenoxy) is 1. The van der Waals surface area contributed by atoms with Gasteiger partial charge in [0.2, 0.25) is 0 Å². The minimum Gasteiger partial charge on any atom is -0.495 e. The number of halogens is 1. The molecule has 0 unspecified atom stereocenters. The van der Waals surface area contributed by atoms with Crippen LogP contribution in [-0.4, -0.2) is 31.2 Å². The highest BCUT2D eigenvalue weighted by Crippen LogP contribution is 2.32. The summed E-state index contributed by atoms with van der Waals surface area (Å²) in [6, 6.07) is 13.0. The summed E-state index contributed by atoms with van der Waals surface area (Å²) in [4.78, 5) is 27.8. The lowest BCUT2D eigenvalue weighted by Gasteiger charge is -2.12. The molecule has 0 aliphatic carbocycles. The van der Waals surface area contributed by atoms with Crippen molar-refractivity contribution in [3.05, 3.63) is 64.2 Å². The second-order valence-electron chi connectivity index (χ2n) is 7.45. The summed E-state index contributed by atoms with van der Waals surface area (Å²) in [5.74, 6) is 0.565. The lowest BCUT2D eigenvalue weighted by atomic mass is 10.2. The van der Waals surface area contributed by atoms with Gasteiger partial charge in [0.25, 0.3) is 5.56 Å². The number of aromatic nitrogens is 5. The molecule has 0 fully saturated rings. The van der Waals surface area contributed by atoms with Gasteiger partial charge in [0, 0.05) is 6.04 Å². The van der Waals surface area contributed by atoms with Crippen molar-refractivity contribution in [2.75, 3.05) is 7.11 Å². The smallest absolute Gasteiger partial charge is 0.265 e. The number of rotatable bonds is 4. The molecule has 0 saturated carbocycles. The number of fused-ring (bicyclic) bond motifs is 4. The van der Waals surface area contributed by atoms with Crippen LogP contribution in [0.4, 0.5) is 0 Å². The van der Waals surface area contributed by atoms with Gasteiger partial charge in [0.1, 0.15) is 23.0 Å². The molecule has 3 heterocycles. The third-order valence-corrected chi connectivity index (χ3v) is 5.94. The normalized spacial score (nSPS) is 12.6. The maximum atomic E-state index is 13.5. The standard InChI is InChI=1S/C23H20ClN5O2/c1-4-13(2)28-12-25-21-19(23(28)30)20-22(27-17-8-6-5-7-16(17)26-20)29(21)14-9-10-18(31-3)15(24)11-14/h5-13H,4H2,1-3H3/t13-/m1/s1. The predicted molar refractivity (Wildman–Crippen MR) is 122 cm³/mol. The number of hydrogen-bond acceptors (Lipinski definition) is 5. The van der Waals surface area contributed by atoms with E-state index in [9.17, 15) is 4.79 Å². The predicted octanol–water partition coefficient (Wildman–Crippen LogP) is 4.92. The molecule has 2 aromatic carbocycles. The molecule has 5 aromatic rings. The lowest BCUT2D eigenvalue weighted by Crippen LogP contribution is -2.23. The van der Waals surface area contributed by atoms with Crippen LogP contribution in [0.1, 0.15) is 26.3 Å². The van der Waals surface area contributed by atoms with Crippen molar-refractivity contribution in [1.82, 2.24) is 24.1 Å². The van der Waals surface area contributed by atoms with Crippen LogP contribution in [0.15, 0.2) is 53.6 Å². The summed E-state index contributed by atoms with van der Waals surface area (Å²) in [7, 11) is 1.57. The Morgan fingerprint density at radius 1 is 1.10 bits per heavy atom. The molecular weight excluding hydrogens is 414 g/mol. The highest BCUT2D eigenvalue weighted by atomic mass is 35.5. The van der Waals surface area contributed by atoms with Crippen molar-refractivity contribution in [3.63, 3.8) is 0 Å². The summed E-state index contributed by atoms with van der Waals surface area (Å²) in [6.45, 7) is 4.04. The van der Waals surface area contributed by atoms with E-state index in [0.717, 1.165) is 23.1 Å². The van der Waals surface area contributed by atoms with E-state index in [2.05, 4.69) is 4.98 Å². The van der Waals surface area contributed by atoms with E-state index in [1.807, 2.05) is 48.7 Å². The van der Waals surface area contributed by atoms with Crippen LogP contribution in [-0.2, 0) is 0 Å². The Kier molecular flexibility index (Phi) is 4.63. The molecule has 0 spiro atoms. The fourth-order valence-corrected chi connectivity index (χ4v) is 4.05. The van der Waals surface area contributed by atoms with Gasteiger partial charge < -0.3 is 4.74 Å². The van der Waals surface area contributed by atoms with E-state index in [0.29, 0.717) is 33.0 Å². The molecule has 7 nitrogen and oxygen atoms in total. The zero-order chi connectivity index (χ0) is 21.7. The van der Waals surface area contributed by atoms with E-state index in [1.165, 1.54) is 0 Å². The molecule has 0 aliphatic rings. The largest absolute Gasteiger partial charge is 0.495 e. The van der Waals surface area contributed by atoms with E-state index >= 15 is 0 Å². The number of methoxy groups -OCH3 is 1. The fourth-order valence-electron chi connectivity index (χ4n) is 3.80. The Morgan fingerprint density at radius 2 is 1.84 bits per heavy atom. The zero-order valence-corrected chi connectivity index (χ0v) is 18.1. The average molecular weight is 434 g/mol. The van der Waals surface area contributed by atoms with Crippen LogP contribution in [0.3, 0.4) is 0 Å². The molecule has 1 atom stereocenters. The first-order valence-corrected chi connectivity index (χ1v) is 10.4. The molecule has 0 amide bonds. The van der Waals surface area contributed by atoms with Crippen LogP contribution >= 0.6 is 11.6 Å². The van der Waals surface area contributed by atoms with Crippen LogP contribution in [0.2, 0.25) is 5.02 Å². The van der Waals surface area contributed by atoms with Gasteiger partial charge in [-0.15, -0.1) is 0 Å². The first-order valence-electron chi connectivity index (χ1n) is 10.1. The van der Waals surface area contributed by atoms with Gasteiger partial charge in [0.05, 0.1) is 28.9 Å². The van der Waals surface area contributed by atoms with E-state index < -0.39 is 0 Å². The number of para-hydroxylation sites is 2. The second kappa shape index (κ2) is 7.35. The molecule has 156 valence electrons. The minimum atomic E-state index is -0.132. The maximum Gasteiger partial charge on any atom is 0.265 e. The average Bonchev–Trinajstić information content (AvgIpc) is 3.11. The van der Waals surface area contributed by atoms with Gasteiger partial charge in [-0.25, -0.2) is 15.0 Å². The Hall–Kier alpha value is -3.45. The number of nitrogens with zero attached hydrogens (tertiary/aromatic N) is 5. The maximum absolute atomic E-state index is 13.5. The van der Waals surface area contributed by atoms with Crippen molar-refractivity contribution in [2.24, 2.45) is 0 Å². The van der Waals surface area contributed by atoms with E-state index in [4.69, 9.17) is 26.3 Å². The Balaban J connectivity index is 1.95. The fraction of sp³-hybridized carbons (Fsp3) is 0.217. The first-order chi connectivity index (χ1) is 15.0. The molecule has 3 aromatic heterocycles. The summed E-state index contributed by atoms with van der Waals surface area (Å²) in [6.07, 6.45) is 2.41. The zero-order valence-electron chi connectivity index (χ0n) is 17.3. The van der Waals surface area contributed by atoms with Crippen LogP contribution in [0, 0.1) is 0 Å². The molecule has 5 rings (SSSR count). The van der Waals surface area contributed by atoms with Crippen molar-refractivity contribution >= 4 is 44.8 Å². The Bertz CT molecular complexity index is 1520. The molecule has 0 radical (unpaired) electrons. The van der Waals surface area contributed by atoms with Crippen LogP contribution < -0.4 is 10.3 Å². The summed E-state index contributed by atoms with van der Waals surface area (Å²) in [5, 5.41) is 0.902. The van der Waals surface area contributed by atoms with Gasteiger partial charge in [0.15, 0.2) is 11.3 Å². The summed E-state index contributed by atoms with van der Waals surface area (Å²) < 4.78 is 8.77. The lowest BCUT2D eigenvalue weighted by molar-refractivity contribution is 0.415. The molecule has 0 N–H and O–H groups in total. The van der Waals surface area contributed by atoms with Crippen LogP contribution in [0.25, 0.3) is 38.9 Å². The summed E-state index contributed by atoms with van der Waals surface area (Å²) >= 11 is 6.40. The van der Waals surface area contributed by atoms with Crippen molar-refractivity contribution in [3.8, 4) is 11.4 Å². The molecule has 0 saturated heterocycles. The van der Waals surface area contributed by atoms with Gasteiger partial charge in [-0.05, 0) is 43.7 Å². The quantitative estimate of drug-likeness (QED) is 0.402. The van der Waals surface area contributed by atoms with Crippen molar-refractivity contribution < 1.29 is 4.74 Å². The SMILES string of the molecule is CC[C@@H](C)n1cnc2c(c1=O)c1nc3ccccc3nc1n2-c1ccc(OC)c(Cl)c1. The Labute approximate surface area is 182 Å². The van der Waals surface area contributed by atoms with Gasteiger partial charge in [-0.1, -0.05) is 30.7 Å². The van der Waals surface area contributed by atoms with Gasteiger partial charge >= 0.3 is 0 Å². The second-order valence-corrected chi connectivity index (χ2v) is 7.86. The number of hydrogen-bond donors (Lipinski definition) is 0. The third kappa shape index (κ3) is 2.96. The molecular formula is C23H20ClN5O2. The van der Waals surface area contributed by atoms with Crippen LogP contribution in [0.5, 0.6) is 5.75 Å². The van der Waals surface area contributed by atoms with Crippen molar-refractivity contribution in [1.29, 1.82) is 0 Å². The highest BCUT2D eigenvalue weighted by Gasteiger charge is 2.22. The highest BCUT2D eigenvalue weighted by molar-refractivity contribution is 6.32. The van der Waals surface area contributed by atoms with Crippen molar-refractivity contribution in [2.45, 2.75) is 26.3 Å². The van der Waals surface area contributed by atoms with E-state index in [1.54, 1.807) is 30.1 Å². The van der Waals surface area contributed by atoms with Gasteiger partial charge in [-0.3, -0.25) is 13.9 Å². The monoisotopic (exact) mass is 433 g/mol. The first kappa shape index (κ1) is 19.5. The number of benzene rings is 2. The minimum absolute atomic E-state index is 0.0200. The van der Waals surface area contributed by atoms with E-state index in [-0.39, 0.29) is 11.6 Å². The Morgan fingerprint density at radius 3 is 2.52 bits per heavy atom. The molecule has 0 aliphatic heterocycles. The molecule has 0 bridgehead atoms. The molecule has 31 heavy (non-hydrogen) atoms. The molecule has 8 heteroatoms. The third-order valence-electron chi connectivity index (χ3n) is 5.65.